The van der Waals surface area contributed by atoms with Gasteiger partial charge in [-0.15, -0.1) is 0 Å². The summed E-state index contributed by atoms with van der Waals surface area (Å²) in [5, 5.41) is 0.222. The molecule has 0 aromatic heterocycles. The molecule has 8 heteroatoms. The summed E-state index contributed by atoms with van der Waals surface area (Å²) in [5.74, 6) is -2.60. The molecule has 1 heterocycles. The molecule has 1 aromatic carbocycles. The molecule has 3 nitrogen and oxygen atoms in total. The van der Waals surface area contributed by atoms with E-state index in [1.165, 1.54) is 6.07 Å². The number of nitrogens with zero attached hydrogens (tertiary/aromatic N) is 1. The molecule has 1 fully saturated rings. The molecule has 0 amide bonds. The third-order valence-corrected chi connectivity index (χ3v) is 4.09. The van der Waals surface area contributed by atoms with Gasteiger partial charge in [0.1, 0.15) is 5.82 Å². The highest BCUT2D eigenvalue weighted by Gasteiger charge is 2.43. The first-order valence-electron chi connectivity index (χ1n) is 7.12. The Morgan fingerprint density at radius 1 is 1.39 bits per heavy atom. The van der Waals surface area contributed by atoms with Gasteiger partial charge in [0.25, 0.3) is 0 Å². The number of likely N-dealkylation sites (tertiary alicyclic amines) is 1. The van der Waals surface area contributed by atoms with Gasteiger partial charge < -0.3 is 4.74 Å². The number of benzene rings is 1. The molecule has 2 atom stereocenters. The zero-order valence-electron chi connectivity index (χ0n) is 12.4. The zero-order valence-corrected chi connectivity index (χ0v) is 13.1. The summed E-state index contributed by atoms with van der Waals surface area (Å²) in [5.41, 5.74) is 0.328. The van der Waals surface area contributed by atoms with Gasteiger partial charge >= 0.3 is 12.1 Å². The Hall–Kier alpha value is -1.34. The maximum absolute atomic E-state index is 13.5. The van der Waals surface area contributed by atoms with Crippen molar-refractivity contribution < 1.29 is 27.1 Å². The van der Waals surface area contributed by atoms with Gasteiger partial charge in [-0.05, 0) is 30.7 Å². The van der Waals surface area contributed by atoms with Crippen molar-refractivity contribution in [2.75, 3.05) is 26.2 Å². The Morgan fingerprint density at radius 2 is 2.09 bits per heavy atom. The van der Waals surface area contributed by atoms with Crippen LogP contribution >= 0.6 is 11.6 Å². The molecule has 0 aliphatic carbocycles. The van der Waals surface area contributed by atoms with E-state index in [-0.39, 0.29) is 24.7 Å². The molecule has 1 saturated heterocycles. The molecule has 0 radical (unpaired) electrons. The average Bonchev–Trinajstić information content (AvgIpc) is 2.83. The molecular formula is C15H16ClF4NO2. The van der Waals surface area contributed by atoms with Crippen molar-refractivity contribution in [3.05, 3.63) is 34.6 Å². The molecule has 0 saturated carbocycles. The minimum Gasteiger partial charge on any atom is -0.466 e. The maximum Gasteiger partial charge on any atom is 0.401 e. The molecule has 1 aromatic rings. The predicted octanol–water partition coefficient (Wildman–Crippen LogP) is 3.62. The van der Waals surface area contributed by atoms with Crippen LogP contribution in [0, 0.1) is 11.7 Å². The van der Waals surface area contributed by atoms with E-state index in [4.69, 9.17) is 16.3 Å². The van der Waals surface area contributed by atoms with Gasteiger partial charge in [0.2, 0.25) is 0 Å². The van der Waals surface area contributed by atoms with Crippen molar-refractivity contribution in [1.82, 2.24) is 4.90 Å². The van der Waals surface area contributed by atoms with E-state index in [2.05, 4.69) is 0 Å². The second-order valence-electron chi connectivity index (χ2n) is 5.44. The second-order valence-corrected chi connectivity index (χ2v) is 5.85. The number of hydrogen-bond acceptors (Lipinski definition) is 3. The highest BCUT2D eigenvalue weighted by atomic mass is 35.5. The third kappa shape index (κ3) is 4.57. The van der Waals surface area contributed by atoms with Gasteiger partial charge in [0.15, 0.2) is 0 Å². The number of carbonyl (C=O) groups excluding carboxylic acids is 1. The topological polar surface area (TPSA) is 29.5 Å². The largest absolute Gasteiger partial charge is 0.466 e. The summed E-state index contributed by atoms with van der Waals surface area (Å²) in [6, 6.07) is 3.66. The first kappa shape index (κ1) is 18.0. The van der Waals surface area contributed by atoms with Crippen molar-refractivity contribution in [2.24, 2.45) is 5.92 Å². The van der Waals surface area contributed by atoms with Crippen LogP contribution in [-0.4, -0.2) is 43.3 Å². The average molecular weight is 354 g/mol. The molecule has 23 heavy (non-hydrogen) atoms. The van der Waals surface area contributed by atoms with Crippen LogP contribution in [0.1, 0.15) is 18.4 Å². The lowest BCUT2D eigenvalue weighted by molar-refractivity contribution is -0.151. The second kappa shape index (κ2) is 7.05. The van der Waals surface area contributed by atoms with Crippen molar-refractivity contribution in [3.63, 3.8) is 0 Å². The van der Waals surface area contributed by atoms with Gasteiger partial charge in [-0.25, -0.2) is 4.39 Å². The lowest BCUT2D eigenvalue weighted by Gasteiger charge is -2.19. The number of hydrogen-bond donors (Lipinski definition) is 0. The summed E-state index contributed by atoms with van der Waals surface area (Å²) in [6.45, 7) is 0.469. The Kier molecular flexibility index (Phi) is 5.52. The van der Waals surface area contributed by atoms with E-state index in [9.17, 15) is 22.4 Å². The van der Waals surface area contributed by atoms with Crippen molar-refractivity contribution in [1.29, 1.82) is 0 Å². The number of alkyl halides is 3. The smallest absolute Gasteiger partial charge is 0.401 e. The van der Waals surface area contributed by atoms with Crippen molar-refractivity contribution in [3.8, 4) is 0 Å². The van der Waals surface area contributed by atoms with Crippen LogP contribution in [0.4, 0.5) is 17.6 Å². The monoisotopic (exact) mass is 353 g/mol. The van der Waals surface area contributed by atoms with Crippen LogP contribution in [0.3, 0.4) is 0 Å². The van der Waals surface area contributed by atoms with Gasteiger partial charge in [0.05, 0.1) is 19.1 Å². The van der Waals surface area contributed by atoms with E-state index in [1.54, 1.807) is 6.92 Å². The third-order valence-electron chi connectivity index (χ3n) is 3.75. The number of esters is 1. The van der Waals surface area contributed by atoms with Crippen LogP contribution in [0.25, 0.3) is 0 Å². The van der Waals surface area contributed by atoms with Gasteiger partial charge in [-0.3, -0.25) is 9.69 Å². The number of halogens is 5. The highest BCUT2D eigenvalue weighted by Crippen LogP contribution is 2.38. The lowest BCUT2D eigenvalue weighted by Crippen LogP contribution is -2.33. The predicted molar refractivity (Wildman–Crippen MR) is 76.8 cm³/mol. The Balaban J connectivity index is 2.29. The lowest BCUT2D eigenvalue weighted by atomic mass is 9.89. The van der Waals surface area contributed by atoms with Crippen LogP contribution in [-0.2, 0) is 9.53 Å². The molecule has 1 aliphatic heterocycles. The molecule has 1 aliphatic rings. The van der Waals surface area contributed by atoms with E-state index in [0.717, 1.165) is 17.0 Å². The Morgan fingerprint density at radius 3 is 2.70 bits per heavy atom. The summed E-state index contributed by atoms with van der Waals surface area (Å²) < 4.78 is 56.3. The van der Waals surface area contributed by atoms with Gasteiger partial charge in [-0.2, -0.15) is 13.2 Å². The van der Waals surface area contributed by atoms with Crippen LogP contribution in [0.2, 0.25) is 5.02 Å². The van der Waals surface area contributed by atoms with Crippen LogP contribution in [0.15, 0.2) is 18.2 Å². The van der Waals surface area contributed by atoms with Gasteiger partial charge in [0, 0.05) is 24.0 Å². The quantitative estimate of drug-likeness (QED) is 0.611. The molecule has 0 bridgehead atoms. The molecule has 2 rings (SSSR count). The highest BCUT2D eigenvalue weighted by molar-refractivity contribution is 6.31. The molecular weight excluding hydrogens is 338 g/mol. The van der Waals surface area contributed by atoms with Gasteiger partial charge in [-0.1, -0.05) is 11.6 Å². The Labute approximate surface area is 136 Å². The number of rotatable bonds is 4. The molecule has 0 unspecified atom stereocenters. The summed E-state index contributed by atoms with van der Waals surface area (Å²) in [6.07, 6.45) is -4.38. The fourth-order valence-corrected chi connectivity index (χ4v) is 3.13. The summed E-state index contributed by atoms with van der Waals surface area (Å²) in [7, 11) is 0. The molecule has 0 spiro atoms. The van der Waals surface area contributed by atoms with E-state index < -0.39 is 36.3 Å². The molecule has 128 valence electrons. The number of carbonyl (C=O) groups is 1. The van der Waals surface area contributed by atoms with Crippen LogP contribution < -0.4 is 0 Å². The van der Waals surface area contributed by atoms with E-state index in [0.29, 0.717) is 5.56 Å². The minimum atomic E-state index is -4.38. The number of ether oxygens (including phenoxy) is 1. The normalized spacial score (nSPS) is 22.3. The van der Waals surface area contributed by atoms with Crippen LogP contribution in [0.5, 0.6) is 0 Å². The standard InChI is InChI=1S/C15H16ClF4NO2/c1-2-23-14(22)12-7-21(8-15(18,19)20)6-11(12)10-5-9(17)3-4-13(10)16/h3-5,11-12H,2,6-8H2,1H3/t11-,12-/m1/s1. The maximum atomic E-state index is 13.5. The van der Waals surface area contributed by atoms with Crippen molar-refractivity contribution in [2.45, 2.75) is 19.0 Å². The first-order chi connectivity index (χ1) is 10.7. The minimum absolute atomic E-state index is 0.0356. The summed E-state index contributed by atoms with van der Waals surface area (Å²) in [4.78, 5) is 13.2. The summed E-state index contributed by atoms with van der Waals surface area (Å²) >= 11 is 6.04. The van der Waals surface area contributed by atoms with E-state index >= 15 is 0 Å². The fourth-order valence-electron chi connectivity index (χ4n) is 2.87. The zero-order chi connectivity index (χ0) is 17.2. The van der Waals surface area contributed by atoms with E-state index in [1.807, 2.05) is 0 Å². The first-order valence-corrected chi connectivity index (χ1v) is 7.49. The Bertz CT molecular complexity index is 579. The fraction of sp³-hybridized carbons (Fsp3) is 0.533. The van der Waals surface area contributed by atoms with Crippen molar-refractivity contribution >= 4 is 17.6 Å². The molecule has 0 N–H and O–H groups in total. The SMILES string of the molecule is CCOC(=O)[C@@H]1CN(CC(F)(F)F)C[C@@H]1c1cc(F)ccc1Cl.